The molecule has 53 heavy (non-hydrogen) atoms. The third-order valence-corrected chi connectivity index (χ3v) is 8.70. The summed E-state index contributed by atoms with van der Waals surface area (Å²) in [6.45, 7) is 4.16. The molecule has 13 nitrogen and oxygen atoms in total. The second kappa shape index (κ2) is 24.9. The molecule has 0 aliphatic heterocycles. The van der Waals surface area contributed by atoms with Crippen molar-refractivity contribution in [3.63, 3.8) is 0 Å². The molecule has 16 heteroatoms. The number of anilines is 1. The average molecular weight is 967 g/mol. The number of carbonyl (C=O) groups excluding carboxylic acids is 3. The predicted octanol–water partition coefficient (Wildman–Crippen LogP) is 2.66. The number of esters is 2. The lowest BCUT2D eigenvalue weighted by Gasteiger charge is -2.18. The van der Waals surface area contributed by atoms with E-state index in [2.05, 4.69) is 70.6 Å². The molecule has 0 saturated heterocycles. The van der Waals surface area contributed by atoms with E-state index in [1.807, 2.05) is 58.5 Å². The third-order valence-electron chi connectivity index (χ3n) is 6.74. The summed E-state index contributed by atoms with van der Waals surface area (Å²) in [5.74, 6) is 8.16. The van der Waals surface area contributed by atoms with Crippen LogP contribution in [0.4, 0.5) is 5.82 Å². The molecular weight excluding hydrogens is 926 g/mol. The topological polar surface area (TPSA) is 205 Å². The molecule has 1 aromatic heterocycles. The largest absolute Gasteiger partial charge is 0.465 e. The molecule has 3 rings (SSSR count). The number of aryl methyl sites for hydroxylation is 2. The minimum Gasteiger partial charge on any atom is -0.465 e. The zero-order valence-electron chi connectivity index (χ0n) is 29.1. The quantitative estimate of drug-likeness (QED) is 0.0803. The maximum atomic E-state index is 12.7. The molecule has 0 radical (unpaired) electrons. The number of nitrogens with zero attached hydrogens (tertiary/aromatic N) is 1. The van der Waals surface area contributed by atoms with Crippen molar-refractivity contribution >= 4 is 78.9 Å². The Morgan fingerprint density at radius 1 is 0.849 bits per heavy atom. The number of sulfonamides is 1. The fourth-order valence-electron chi connectivity index (χ4n) is 4.19. The number of carbonyl (C=O) groups is 3. The number of hydrogen-bond acceptors (Lipinski definition) is 11. The fourth-order valence-corrected chi connectivity index (χ4v) is 5.49. The van der Waals surface area contributed by atoms with Gasteiger partial charge in [0.1, 0.15) is 17.9 Å². The Hall–Kier alpha value is -4.23. The van der Waals surface area contributed by atoms with E-state index in [4.69, 9.17) is 16.2 Å². The number of aromatic nitrogens is 1. The standard InChI is InChI=1S/C26H29IN4O3.C11H11IN2O4S/c1-2-34-26(33)23(29-16-19-8-13-21(27)14-9-19)17-30-25(32)20-11-6-18(7-12-20)10-15-22-4-3-5-24(28)31-22;1-2-18-11(15)10(9-13)14-19(16,17)8-6-4-3-5-7-12/h3-9,11-14,23,29H,2,10,15-17H2,1H3,(H2,28,31)(H,30,32);10,14H,2,9,13H2,1H3/t23-;10-/m00/s1. The molecular formula is C37H40I2N6O7S. The highest BCUT2D eigenvalue weighted by atomic mass is 127. The van der Waals surface area contributed by atoms with E-state index in [9.17, 15) is 22.8 Å². The van der Waals surface area contributed by atoms with Crippen molar-refractivity contribution in [3.05, 3.63) is 92.7 Å². The van der Waals surface area contributed by atoms with Crippen LogP contribution in [0.1, 0.15) is 41.0 Å². The van der Waals surface area contributed by atoms with Crippen LogP contribution < -0.4 is 26.8 Å². The fraction of sp³-hybridized carbons (Fsp3) is 0.297. The number of nitrogens with one attached hydrogen (secondary N) is 3. The maximum absolute atomic E-state index is 12.7. The minimum absolute atomic E-state index is 0.128. The zero-order valence-corrected chi connectivity index (χ0v) is 34.2. The summed E-state index contributed by atoms with van der Waals surface area (Å²) >= 11 is 4.03. The normalized spacial score (nSPS) is 11.3. The van der Waals surface area contributed by atoms with Gasteiger partial charge in [-0.3, -0.25) is 19.7 Å². The van der Waals surface area contributed by atoms with Crippen molar-refractivity contribution in [1.29, 1.82) is 0 Å². The van der Waals surface area contributed by atoms with Gasteiger partial charge in [0.15, 0.2) is 0 Å². The second-order valence-electron chi connectivity index (χ2n) is 10.6. The molecule has 0 spiro atoms. The van der Waals surface area contributed by atoms with Gasteiger partial charge in [-0.2, -0.15) is 13.1 Å². The van der Waals surface area contributed by atoms with E-state index in [0.717, 1.165) is 33.2 Å². The van der Waals surface area contributed by atoms with Crippen LogP contribution in [-0.2, 0) is 48.5 Å². The number of nitrogens with two attached hydrogens (primary N) is 2. The Balaban J connectivity index is 0.000000436. The average Bonchev–Trinajstić information content (AvgIpc) is 3.14. The lowest BCUT2D eigenvalue weighted by molar-refractivity contribution is -0.146. The van der Waals surface area contributed by atoms with Crippen molar-refractivity contribution < 1.29 is 32.3 Å². The van der Waals surface area contributed by atoms with E-state index in [-0.39, 0.29) is 38.2 Å². The molecule has 0 bridgehead atoms. The van der Waals surface area contributed by atoms with Gasteiger partial charge >= 0.3 is 11.9 Å². The molecule has 7 N–H and O–H groups in total. The van der Waals surface area contributed by atoms with Gasteiger partial charge in [0, 0.05) is 68.9 Å². The molecule has 0 unspecified atom stereocenters. The summed E-state index contributed by atoms with van der Waals surface area (Å²) in [6, 6.07) is 19.2. The number of benzene rings is 2. The van der Waals surface area contributed by atoms with Crippen molar-refractivity contribution in [3.8, 4) is 32.9 Å². The van der Waals surface area contributed by atoms with Gasteiger partial charge in [0.25, 0.3) is 15.9 Å². The second-order valence-corrected chi connectivity index (χ2v) is 13.9. The van der Waals surface area contributed by atoms with Gasteiger partial charge in [-0.1, -0.05) is 30.3 Å². The number of ether oxygens (including phenoxy) is 2. The number of pyridine rings is 1. The smallest absolute Gasteiger partial charge is 0.325 e. The highest BCUT2D eigenvalue weighted by Crippen LogP contribution is 2.10. The molecule has 2 atom stereocenters. The van der Waals surface area contributed by atoms with Crippen LogP contribution in [0, 0.1) is 36.4 Å². The lowest BCUT2D eigenvalue weighted by atomic mass is 10.1. The van der Waals surface area contributed by atoms with Crippen LogP contribution in [0.2, 0.25) is 0 Å². The predicted molar refractivity (Wildman–Crippen MR) is 220 cm³/mol. The first kappa shape index (κ1) is 44.9. The molecule has 0 aliphatic rings. The van der Waals surface area contributed by atoms with E-state index < -0.39 is 28.1 Å². The Labute approximate surface area is 337 Å². The lowest BCUT2D eigenvalue weighted by Crippen LogP contribution is -2.46. The first-order valence-electron chi connectivity index (χ1n) is 16.2. The molecule has 0 aliphatic carbocycles. The van der Waals surface area contributed by atoms with Gasteiger partial charge in [0.05, 0.1) is 18.5 Å². The van der Waals surface area contributed by atoms with E-state index in [0.29, 0.717) is 17.9 Å². The Morgan fingerprint density at radius 2 is 1.47 bits per heavy atom. The van der Waals surface area contributed by atoms with Crippen molar-refractivity contribution in [2.45, 2.75) is 45.3 Å². The zero-order chi connectivity index (χ0) is 39.1. The number of amides is 1. The molecule has 0 saturated carbocycles. The summed E-state index contributed by atoms with van der Waals surface area (Å²) in [7, 11) is -3.99. The van der Waals surface area contributed by atoms with Crippen molar-refractivity contribution in [1.82, 2.24) is 20.3 Å². The minimum atomic E-state index is -3.99. The highest BCUT2D eigenvalue weighted by molar-refractivity contribution is 14.1. The highest BCUT2D eigenvalue weighted by Gasteiger charge is 2.23. The maximum Gasteiger partial charge on any atom is 0.325 e. The van der Waals surface area contributed by atoms with Crippen LogP contribution in [0.25, 0.3) is 0 Å². The van der Waals surface area contributed by atoms with Gasteiger partial charge in [-0.25, -0.2) is 4.98 Å². The Kier molecular flexibility index (Phi) is 21.1. The van der Waals surface area contributed by atoms with E-state index in [1.54, 1.807) is 54.6 Å². The SMILES string of the molecule is CCOC(=O)[C@H](CN)NS(=O)(=O)C#CC#CC#CI.CCOC(=O)[C@H](CNC(=O)c1ccc(CCc2cccc(N)n2)cc1)NCc1ccc(I)cc1. The van der Waals surface area contributed by atoms with Crippen LogP contribution in [-0.4, -0.2) is 69.6 Å². The summed E-state index contributed by atoms with van der Waals surface area (Å²) in [4.78, 5) is 40.7. The van der Waals surface area contributed by atoms with Crippen LogP contribution in [0.3, 0.4) is 0 Å². The van der Waals surface area contributed by atoms with E-state index in [1.165, 1.54) is 0 Å². The number of hydrogen-bond donors (Lipinski definition) is 5. The van der Waals surface area contributed by atoms with Crippen LogP contribution >= 0.6 is 45.2 Å². The first-order valence-corrected chi connectivity index (χ1v) is 19.8. The molecule has 1 amide bonds. The Morgan fingerprint density at radius 3 is 2.08 bits per heavy atom. The number of rotatable bonds is 16. The summed E-state index contributed by atoms with van der Waals surface area (Å²) in [5, 5.41) is 7.91. The summed E-state index contributed by atoms with van der Waals surface area (Å²) < 4.78 is 38.4. The molecule has 280 valence electrons. The molecule has 2 aromatic carbocycles. The monoisotopic (exact) mass is 966 g/mol. The van der Waals surface area contributed by atoms with Gasteiger partial charge < -0.3 is 26.3 Å². The number of nitrogen functional groups attached to an aromatic ring is 1. The van der Waals surface area contributed by atoms with Crippen LogP contribution in [0.5, 0.6) is 0 Å². The summed E-state index contributed by atoms with van der Waals surface area (Å²) in [5.41, 5.74) is 14.6. The van der Waals surface area contributed by atoms with Crippen molar-refractivity contribution in [2.75, 3.05) is 32.0 Å². The van der Waals surface area contributed by atoms with E-state index >= 15 is 0 Å². The first-order chi connectivity index (χ1) is 25.4. The summed E-state index contributed by atoms with van der Waals surface area (Å²) in [6.07, 6.45) is 1.57. The molecule has 1 heterocycles. The van der Waals surface area contributed by atoms with Gasteiger partial charge in [-0.15, -0.1) is 0 Å². The molecule has 0 fully saturated rings. The van der Waals surface area contributed by atoms with Crippen LogP contribution in [0.15, 0.2) is 66.7 Å². The van der Waals surface area contributed by atoms with Gasteiger partial charge in [-0.05, 0) is 113 Å². The number of halogens is 2. The molecule has 3 aromatic rings. The third kappa shape index (κ3) is 18.4. The van der Waals surface area contributed by atoms with Gasteiger partial charge in [0.2, 0.25) is 0 Å². The van der Waals surface area contributed by atoms with Crippen molar-refractivity contribution in [2.24, 2.45) is 5.73 Å². The Bertz CT molecular complexity index is 1960.